The minimum Gasteiger partial charge on any atom is -0.386 e. The summed E-state index contributed by atoms with van der Waals surface area (Å²) in [6, 6.07) is 0.299. The molecule has 0 spiro atoms. The number of alkyl halides is 2. The van der Waals surface area contributed by atoms with Crippen LogP contribution in [0.1, 0.15) is 70.6 Å². The maximum atomic E-state index is 12.3. The molecule has 0 aliphatic heterocycles. The standard InChI is InChI=1S/C15H29F2NO/c16-15(17)14(19)12-18-13-10-8-6-4-2-1-3-5-7-9-11-13/h13-15,18-19H,1-12H2. The van der Waals surface area contributed by atoms with Crippen molar-refractivity contribution in [2.75, 3.05) is 6.54 Å². The average molecular weight is 277 g/mol. The Morgan fingerprint density at radius 2 is 1.26 bits per heavy atom. The number of hydrogen-bond acceptors (Lipinski definition) is 2. The predicted molar refractivity (Wildman–Crippen MR) is 74.6 cm³/mol. The van der Waals surface area contributed by atoms with E-state index < -0.39 is 12.5 Å². The Bertz CT molecular complexity index is 202. The Balaban J connectivity index is 2.26. The van der Waals surface area contributed by atoms with Crippen LogP contribution in [0.15, 0.2) is 0 Å². The molecule has 114 valence electrons. The lowest BCUT2D eigenvalue weighted by Gasteiger charge is -2.21. The largest absolute Gasteiger partial charge is 0.386 e. The lowest BCUT2D eigenvalue weighted by Crippen LogP contribution is -2.38. The molecule has 1 aliphatic rings. The first kappa shape index (κ1) is 16.8. The zero-order chi connectivity index (χ0) is 13.9. The molecule has 1 unspecified atom stereocenters. The van der Waals surface area contributed by atoms with E-state index in [1.165, 1.54) is 57.8 Å². The van der Waals surface area contributed by atoms with Gasteiger partial charge in [-0.15, -0.1) is 0 Å². The van der Waals surface area contributed by atoms with Crippen LogP contribution in [0.2, 0.25) is 0 Å². The van der Waals surface area contributed by atoms with Crippen molar-refractivity contribution in [3.8, 4) is 0 Å². The fourth-order valence-electron chi connectivity index (χ4n) is 2.74. The van der Waals surface area contributed by atoms with Gasteiger partial charge in [-0.1, -0.05) is 57.8 Å². The van der Waals surface area contributed by atoms with Gasteiger partial charge in [0, 0.05) is 12.6 Å². The van der Waals surface area contributed by atoms with Crippen molar-refractivity contribution in [2.24, 2.45) is 0 Å². The Hall–Kier alpha value is -0.220. The molecule has 2 nitrogen and oxygen atoms in total. The number of aliphatic hydroxyl groups is 1. The Labute approximate surface area is 116 Å². The maximum absolute atomic E-state index is 12.3. The maximum Gasteiger partial charge on any atom is 0.265 e. The first-order valence-electron chi connectivity index (χ1n) is 7.89. The van der Waals surface area contributed by atoms with Crippen molar-refractivity contribution in [3.05, 3.63) is 0 Å². The molecule has 1 saturated carbocycles. The van der Waals surface area contributed by atoms with Crippen molar-refractivity contribution in [3.63, 3.8) is 0 Å². The van der Waals surface area contributed by atoms with Crippen LogP contribution in [0, 0.1) is 0 Å². The summed E-state index contributed by atoms with van der Waals surface area (Å²) in [5, 5.41) is 12.3. The third-order valence-corrected chi connectivity index (χ3v) is 4.01. The number of hydrogen-bond donors (Lipinski definition) is 2. The quantitative estimate of drug-likeness (QED) is 0.817. The molecule has 4 heteroatoms. The van der Waals surface area contributed by atoms with Crippen LogP contribution in [0.25, 0.3) is 0 Å². The van der Waals surface area contributed by atoms with Gasteiger partial charge in [0.15, 0.2) is 0 Å². The highest BCUT2D eigenvalue weighted by atomic mass is 19.3. The van der Waals surface area contributed by atoms with E-state index in [0.29, 0.717) is 6.04 Å². The molecule has 1 fully saturated rings. The summed E-state index contributed by atoms with van der Waals surface area (Å²) in [6.07, 6.45) is 9.40. The van der Waals surface area contributed by atoms with Crippen molar-refractivity contribution < 1.29 is 13.9 Å². The molecular formula is C15H29F2NO. The van der Waals surface area contributed by atoms with E-state index in [0.717, 1.165) is 12.8 Å². The zero-order valence-corrected chi connectivity index (χ0v) is 11.9. The van der Waals surface area contributed by atoms with Gasteiger partial charge in [0.2, 0.25) is 0 Å². The minimum atomic E-state index is -2.64. The summed E-state index contributed by atoms with van der Waals surface area (Å²) in [7, 11) is 0. The predicted octanol–water partition coefficient (Wildman–Crippen LogP) is 3.88. The molecule has 0 aromatic heterocycles. The van der Waals surface area contributed by atoms with Gasteiger partial charge in [0.1, 0.15) is 6.10 Å². The van der Waals surface area contributed by atoms with Crippen LogP contribution in [0.4, 0.5) is 8.78 Å². The summed E-state index contributed by atoms with van der Waals surface area (Å²) in [5.74, 6) is 0. The van der Waals surface area contributed by atoms with Gasteiger partial charge in [0.25, 0.3) is 6.43 Å². The Morgan fingerprint density at radius 1 is 0.842 bits per heavy atom. The summed E-state index contributed by atoms with van der Waals surface area (Å²) in [5.41, 5.74) is 0. The summed E-state index contributed by atoms with van der Waals surface area (Å²) in [6.45, 7) is 0.0162. The van der Waals surface area contributed by atoms with Gasteiger partial charge >= 0.3 is 0 Å². The van der Waals surface area contributed by atoms with Crippen molar-refractivity contribution in [1.29, 1.82) is 0 Å². The molecule has 0 amide bonds. The van der Waals surface area contributed by atoms with E-state index in [1.54, 1.807) is 0 Å². The molecule has 2 N–H and O–H groups in total. The summed E-state index contributed by atoms with van der Waals surface area (Å²) < 4.78 is 24.5. The highest BCUT2D eigenvalue weighted by Crippen LogP contribution is 2.17. The van der Waals surface area contributed by atoms with Gasteiger partial charge < -0.3 is 10.4 Å². The highest BCUT2D eigenvalue weighted by Gasteiger charge is 2.18. The van der Waals surface area contributed by atoms with E-state index in [2.05, 4.69) is 5.32 Å². The number of aliphatic hydroxyl groups excluding tert-OH is 1. The van der Waals surface area contributed by atoms with Crippen LogP contribution in [0.3, 0.4) is 0 Å². The first-order valence-corrected chi connectivity index (χ1v) is 7.89. The fraction of sp³-hybridized carbons (Fsp3) is 1.00. The summed E-state index contributed by atoms with van der Waals surface area (Å²) in [4.78, 5) is 0. The normalized spacial score (nSPS) is 22.7. The molecule has 0 aromatic rings. The topological polar surface area (TPSA) is 32.3 Å². The lowest BCUT2D eigenvalue weighted by atomic mass is 9.98. The second kappa shape index (κ2) is 10.6. The molecule has 0 saturated heterocycles. The van der Waals surface area contributed by atoms with Gasteiger partial charge in [-0.05, 0) is 12.8 Å². The zero-order valence-electron chi connectivity index (χ0n) is 11.9. The molecule has 1 aliphatic carbocycles. The van der Waals surface area contributed by atoms with Crippen LogP contribution in [-0.4, -0.2) is 30.2 Å². The van der Waals surface area contributed by atoms with E-state index in [1.807, 2.05) is 0 Å². The van der Waals surface area contributed by atoms with Gasteiger partial charge in [-0.2, -0.15) is 0 Å². The molecule has 1 atom stereocenters. The van der Waals surface area contributed by atoms with Crippen LogP contribution < -0.4 is 5.32 Å². The molecule has 0 radical (unpaired) electrons. The highest BCUT2D eigenvalue weighted by molar-refractivity contribution is 4.71. The molecule has 0 bridgehead atoms. The Morgan fingerprint density at radius 3 is 1.68 bits per heavy atom. The minimum absolute atomic E-state index is 0.0162. The van der Waals surface area contributed by atoms with E-state index in [4.69, 9.17) is 5.11 Å². The van der Waals surface area contributed by atoms with Crippen molar-refractivity contribution in [2.45, 2.75) is 89.2 Å². The lowest BCUT2D eigenvalue weighted by molar-refractivity contribution is -0.00493. The average Bonchev–Trinajstić information content (AvgIpc) is 2.37. The van der Waals surface area contributed by atoms with E-state index >= 15 is 0 Å². The molecular weight excluding hydrogens is 248 g/mol. The summed E-state index contributed by atoms with van der Waals surface area (Å²) >= 11 is 0. The van der Waals surface area contributed by atoms with Gasteiger partial charge in [-0.3, -0.25) is 0 Å². The molecule has 0 heterocycles. The van der Waals surface area contributed by atoms with Crippen molar-refractivity contribution >= 4 is 0 Å². The number of rotatable bonds is 4. The second-order valence-electron chi connectivity index (χ2n) is 5.77. The third kappa shape index (κ3) is 8.53. The molecule has 0 aromatic carbocycles. The van der Waals surface area contributed by atoms with E-state index in [9.17, 15) is 8.78 Å². The van der Waals surface area contributed by atoms with Crippen LogP contribution in [-0.2, 0) is 0 Å². The molecule has 19 heavy (non-hydrogen) atoms. The monoisotopic (exact) mass is 277 g/mol. The van der Waals surface area contributed by atoms with E-state index in [-0.39, 0.29) is 6.54 Å². The Kier molecular flexibility index (Phi) is 9.35. The third-order valence-electron chi connectivity index (χ3n) is 4.01. The van der Waals surface area contributed by atoms with Crippen LogP contribution in [0.5, 0.6) is 0 Å². The number of nitrogens with one attached hydrogen (secondary N) is 1. The number of halogens is 2. The van der Waals surface area contributed by atoms with Crippen LogP contribution >= 0.6 is 0 Å². The van der Waals surface area contributed by atoms with Crippen molar-refractivity contribution in [1.82, 2.24) is 5.32 Å². The smallest absolute Gasteiger partial charge is 0.265 e. The molecule has 1 rings (SSSR count). The SMILES string of the molecule is OC(CNC1CCCCCCCCCCC1)C(F)F. The second-order valence-corrected chi connectivity index (χ2v) is 5.77. The first-order chi connectivity index (χ1) is 9.20. The van der Waals surface area contributed by atoms with Gasteiger partial charge in [-0.25, -0.2) is 8.78 Å². The fourth-order valence-corrected chi connectivity index (χ4v) is 2.74. The van der Waals surface area contributed by atoms with Gasteiger partial charge in [0.05, 0.1) is 0 Å².